The maximum absolute atomic E-state index is 11.1. The highest BCUT2D eigenvalue weighted by Crippen LogP contribution is 2.31. The highest BCUT2D eigenvalue weighted by Gasteiger charge is 2.16. The first kappa shape index (κ1) is 16.7. The van der Waals surface area contributed by atoms with Crippen molar-refractivity contribution in [3.05, 3.63) is 74.3 Å². The van der Waals surface area contributed by atoms with Gasteiger partial charge in [-0.1, -0.05) is 35.9 Å². The molecule has 3 aromatic rings. The van der Waals surface area contributed by atoms with Crippen LogP contribution < -0.4 is 0 Å². The molecule has 1 N–H and O–H groups in total. The van der Waals surface area contributed by atoms with Crippen LogP contribution in [0.2, 0.25) is 5.02 Å². The van der Waals surface area contributed by atoms with Crippen molar-refractivity contribution >= 4 is 41.3 Å². The lowest BCUT2D eigenvalue weighted by molar-refractivity contribution is -0.387. The SMILES string of the molecule is O=[N+]([O-])c1ccccc1SCc1n[nH]c(=S)n1-c1ccccc1Cl. The minimum Gasteiger partial charge on any atom is -0.270 e. The second-order valence-corrected chi connectivity index (χ2v) is 6.56. The van der Waals surface area contributed by atoms with Crippen LogP contribution in [0.5, 0.6) is 0 Å². The molecular formula is C15H11ClN4O2S2. The van der Waals surface area contributed by atoms with Gasteiger partial charge in [-0.25, -0.2) is 0 Å². The minimum atomic E-state index is -0.395. The number of aromatic amines is 1. The molecule has 0 fully saturated rings. The van der Waals surface area contributed by atoms with Gasteiger partial charge >= 0.3 is 0 Å². The van der Waals surface area contributed by atoms with E-state index in [2.05, 4.69) is 10.2 Å². The van der Waals surface area contributed by atoms with Crippen molar-refractivity contribution in [1.82, 2.24) is 14.8 Å². The predicted octanol–water partition coefficient (Wildman–Crippen LogP) is 4.78. The fourth-order valence-corrected chi connectivity index (χ4v) is 3.59. The van der Waals surface area contributed by atoms with E-state index in [4.69, 9.17) is 23.8 Å². The lowest BCUT2D eigenvalue weighted by atomic mass is 10.3. The zero-order valence-corrected chi connectivity index (χ0v) is 14.6. The zero-order chi connectivity index (χ0) is 17.1. The summed E-state index contributed by atoms with van der Waals surface area (Å²) in [7, 11) is 0. The molecule has 6 nitrogen and oxygen atoms in total. The third kappa shape index (κ3) is 3.35. The normalized spacial score (nSPS) is 10.7. The van der Waals surface area contributed by atoms with Crippen LogP contribution in [0.1, 0.15) is 5.82 Å². The summed E-state index contributed by atoms with van der Waals surface area (Å²) in [5, 5.41) is 18.6. The van der Waals surface area contributed by atoms with Crippen LogP contribution >= 0.6 is 35.6 Å². The smallest absolute Gasteiger partial charge is 0.270 e. The number of para-hydroxylation sites is 2. The van der Waals surface area contributed by atoms with Gasteiger partial charge in [0.2, 0.25) is 0 Å². The molecule has 0 saturated carbocycles. The van der Waals surface area contributed by atoms with Crippen LogP contribution in [0.25, 0.3) is 5.69 Å². The monoisotopic (exact) mass is 378 g/mol. The molecule has 1 aromatic heterocycles. The Bertz CT molecular complexity index is 954. The average Bonchev–Trinajstić information content (AvgIpc) is 2.94. The van der Waals surface area contributed by atoms with E-state index in [1.165, 1.54) is 17.8 Å². The number of hydrogen-bond donors (Lipinski definition) is 1. The van der Waals surface area contributed by atoms with Crippen molar-refractivity contribution in [3.8, 4) is 5.69 Å². The molecule has 0 amide bonds. The first-order chi connectivity index (χ1) is 11.6. The third-order valence-electron chi connectivity index (χ3n) is 3.25. The van der Waals surface area contributed by atoms with Crippen LogP contribution in [-0.2, 0) is 5.75 Å². The van der Waals surface area contributed by atoms with Gasteiger partial charge in [-0.2, -0.15) is 5.10 Å². The summed E-state index contributed by atoms with van der Waals surface area (Å²) in [6.07, 6.45) is 0. The van der Waals surface area contributed by atoms with E-state index in [-0.39, 0.29) is 5.69 Å². The highest BCUT2D eigenvalue weighted by atomic mass is 35.5. The van der Waals surface area contributed by atoms with Crippen LogP contribution in [-0.4, -0.2) is 19.7 Å². The molecule has 0 spiro atoms. The molecule has 122 valence electrons. The first-order valence-electron chi connectivity index (χ1n) is 6.85. The van der Waals surface area contributed by atoms with Crippen molar-refractivity contribution in [2.75, 3.05) is 0 Å². The fourth-order valence-electron chi connectivity index (χ4n) is 2.18. The van der Waals surface area contributed by atoms with E-state index in [0.717, 1.165) is 5.69 Å². The number of hydrogen-bond acceptors (Lipinski definition) is 5. The maximum Gasteiger partial charge on any atom is 0.282 e. The summed E-state index contributed by atoms with van der Waals surface area (Å²) in [6, 6.07) is 13.9. The number of halogens is 1. The molecule has 1 heterocycles. The molecule has 24 heavy (non-hydrogen) atoms. The van der Waals surface area contributed by atoms with Gasteiger partial charge in [0.25, 0.3) is 5.69 Å². The van der Waals surface area contributed by atoms with E-state index < -0.39 is 4.92 Å². The third-order valence-corrected chi connectivity index (χ3v) is 4.91. The predicted molar refractivity (Wildman–Crippen MR) is 96.4 cm³/mol. The van der Waals surface area contributed by atoms with Crippen molar-refractivity contribution in [2.24, 2.45) is 0 Å². The Morgan fingerprint density at radius 3 is 2.71 bits per heavy atom. The summed E-state index contributed by atoms with van der Waals surface area (Å²) in [5.74, 6) is 1.04. The van der Waals surface area contributed by atoms with Gasteiger partial charge in [0.1, 0.15) is 5.82 Å². The number of H-pyrrole nitrogens is 1. The summed E-state index contributed by atoms with van der Waals surface area (Å²) in [6.45, 7) is 0. The van der Waals surface area contributed by atoms with Gasteiger partial charge in [0.15, 0.2) is 4.77 Å². The van der Waals surface area contributed by atoms with E-state index in [9.17, 15) is 10.1 Å². The number of nitro groups is 1. The number of thioether (sulfide) groups is 1. The number of nitrogens with one attached hydrogen (secondary N) is 1. The van der Waals surface area contributed by atoms with Crippen LogP contribution in [0.15, 0.2) is 53.4 Å². The van der Waals surface area contributed by atoms with Gasteiger partial charge < -0.3 is 0 Å². The quantitative estimate of drug-likeness (QED) is 0.299. The van der Waals surface area contributed by atoms with Gasteiger partial charge in [-0.05, 0) is 30.4 Å². The molecule has 2 aromatic carbocycles. The molecule has 9 heteroatoms. The molecule has 0 bridgehead atoms. The van der Waals surface area contributed by atoms with Crippen LogP contribution in [0, 0.1) is 14.9 Å². The molecule has 3 rings (SSSR count). The maximum atomic E-state index is 11.1. The van der Waals surface area contributed by atoms with E-state index in [1.807, 2.05) is 18.2 Å². The molecule has 0 radical (unpaired) electrons. The van der Waals surface area contributed by atoms with Crippen LogP contribution in [0.3, 0.4) is 0 Å². The molecular weight excluding hydrogens is 368 g/mol. The molecule has 0 aliphatic carbocycles. The average molecular weight is 379 g/mol. The number of nitro benzene ring substituents is 1. The molecule has 0 aliphatic rings. The Morgan fingerprint density at radius 1 is 1.25 bits per heavy atom. The number of nitrogens with zero attached hydrogens (tertiary/aromatic N) is 3. The van der Waals surface area contributed by atoms with Crippen LogP contribution in [0.4, 0.5) is 5.69 Å². The minimum absolute atomic E-state index is 0.0703. The number of rotatable bonds is 5. The summed E-state index contributed by atoms with van der Waals surface area (Å²) < 4.78 is 2.15. The Labute approximate surface area is 151 Å². The van der Waals surface area contributed by atoms with Gasteiger partial charge in [0.05, 0.1) is 26.3 Å². The molecule has 0 atom stereocenters. The highest BCUT2D eigenvalue weighted by molar-refractivity contribution is 7.98. The largest absolute Gasteiger partial charge is 0.282 e. The van der Waals surface area contributed by atoms with Gasteiger partial charge in [0, 0.05) is 6.07 Å². The van der Waals surface area contributed by atoms with E-state index >= 15 is 0 Å². The van der Waals surface area contributed by atoms with E-state index in [0.29, 0.717) is 26.3 Å². The Balaban J connectivity index is 1.92. The van der Waals surface area contributed by atoms with Gasteiger partial charge in [-0.3, -0.25) is 19.8 Å². The van der Waals surface area contributed by atoms with Crippen molar-refractivity contribution in [3.63, 3.8) is 0 Å². The summed E-state index contributed by atoms with van der Waals surface area (Å²) in [5.41, 5.74) is 0.789. The van der Waals surface area contributed by atoms with E-state index in [1.54, 1.807) is 28.8 Å². The standard InChI is InChI=1S/C15H11ClN4O2S2/c16-10-5-1-2-6-11(10)19-14(17-18-15(19)23)9-24-13-8-4-3-7-12(13)20(21)22/h1-8H,9H2,(H,18,23). The fraction of sp³-hybridized carbons (Fsp3) is 0.0667. The Kier molecular flexibility index (Phi) is 4.98. The number of aromatic nitrogens is 3. The van der Waals surface area contributed by atoms with Crippen molar-refractivity contribution in [1.29, 1.82) is 0 Å². The van der Waals surface area contributed by atoms with Crippen molar-refractivity contribution in [2.45, 2.75) is 10.6 Å². The summed E-state index contributed by atoms with van der Waals surface area (Å²) in [4.78, 5) is 11.3. The van der Waals surface area contributed by atoms with Crippen molar-refractivity contribution < 1.29 is 4.92 Å². The Morgan fingerprint density at radius 2 is 1.96 bits per heavy atom. The second kappa shape index (κ2) is 7.16. The molecule has 0 aliphatic heterocycles. The lowest BCUT2D eigenvalue weighted by Crippen LogP contribution is -2.01. The topological polar surface area (TPSA) is 76.8 Å². The first-order valence-corrected chi connectivity index (χ1v) is 8.62. The summed E-state index contributed by atoms with van der Waals surface area (Å²) >= 11 is 12.8. The Hall–Kier alpha value is -2.16. The second-order valence-electron chi connectivity index (χ2n) is 4.75. The number of benzene rings is 2. The van der Waals surface area contributed by atoms with Gasteiger partial charge in [-0.15, -0.1) is 11.8 Å². The zero-order valence-electron chi connectivity index (χ0n) is 12.2. The molecule has 0 unspecified atom stereocenters. The lowest BCUT2D eigenvalue weighted by Gasteiger charge is -2.08. The molecule has 0 saturated heterocycles.